The van der Waals surface area contributed by atoms with Gasteiger partial charge < -0.3 is 10.2 Å². The molecule has 1 N–H and O–H groups in total. The van der Waals surface area contributed by atoms with Gasteiger partial charge in [-0.3, -0.25) is 0 Å². The first-order valence-corrected chi connectivity index (χ1v) is 9.13. The molecule has 2 atom stereocenters. The smallest absolute Gasteiger partial charge is 0.00698 e. The molecule has 0 aromatic rings. The van der Waals surface area contributed by atoms with E-state index >= 15 is 0 Å². The predicted molar refractivity (Wildman–Crippen MR) is 88.0 cm³/mol. The Morgan fingerprint density at radius 3 is 2.45 bits per heavy atom. The predicted octanol–water partition coefficient (Wildman–Crippen LogP) is 3.91. The molecule has 118 valence electrons. The van der Waals surface area contributed by atoms with Crippen molar-refractivity contribution in [2.75, 3.05) is 26.2 Å². The molecule has 1 saturated heterocycles. The second-order valence-electron chi connectivity index (χ2n) is 7.64. The highest BCUT2D eigenvalue weighted by Gasteiger charge is 2.24. The summed E-state index contributed by atoms with van der Waals surface area (Å²) in [6, 6.07) is 0.816. The molecule has 1 saturated carbocycles. The first-order valence-electron chi connectivity index (χ1n) is 9.13. The Hall–Kier alpha value is -0.0800. The molecule has 0 aromatic heterocycles. The van der Waals surface area contributed by atoms with Gasteiger partial charge in [0.25, 0.3) is 0 Å². The number of nitrogens with zero attached hydrogens (tertiary/aromatic N) is 1. The van der Waals surface area contributed by atoms with E-state index < -0.39 is 0 Å². The number of hydrogen-bond acceptors (Lipinski definition) is 2. The monoisotopic (exact) mass is 280 g/mol. The third kappa shape index (κ3) is 5.37. The summed E-state index contributed by atoms with van der Waals surface area (Å²) < 4.78 is 0. The molecule has 2 heteroatoms. The molecule has 2 unspecified atom stereocenters. The Bertz CT molecular complexity index is 256. The fourth-order valence-electron chi connectivity index (χ4n) is 4.20. The highest BCUT2D eigenvalue weighted by atomic mass is 15.1. The van der Waals surface area contributed by atoms with Crippen LogP contribution in [0.1, 0.15) is 65.7 Å². The van der Waals surface area contributed by atoms with Crippen LogP contribution in [-0.2, 0) is 0 Å². The lowest BCUT2D eigenvalue weighted by Gasteiger charge is -2.34. The molecule has 2 rings (SSSR count). The van der Waals surface area contributed by atoms with E-state index in [-0.39, 0.29) is 0 Å². The summed E-state index contributed by atoms with van der Waals surface area (Å²) in [5.74, 6) is 2.79. The number of piperidine rings is 1. The lowest BCUT2D eigenvalue weighted by atomic mass is 9.81. The molecule has 0 amide bonds. The first kappa shape index (κ1) is 16.3. The second kappa shape index (κ2) is 8.38. The molecule has 0 bridgehead atoms. The van der Waals surface area contributed by atoms with Gasteiger partial charge in [0.2, 0.25) is 0 Å². The van der Waals surface area contributed by atoms with E-state index in [1.807, 2.05) is 0 Å². The Labute approximate surface area is 126 Å². The topological polar surface area (TPSA) is 15.3 Å². The molecule has 2 fully saturated rings. The fraction of sp³-hybridized carbons (Fsp3) is 1.00. The van der Waals surface area contributed by atoms with E-state index in [0.29, 0.717) is 0 Å². The minimum absolute atomic E-state index is 0.816. The van der Waals surface area contributed by atoms with Gasteiger partial charge in [-0.2, -0.15) is 0 Å². The minimum atomic E-state index is 0.816. The third-order valence-corrected chi connectivity index (χ3v) is 5.44. The average molecular weight is 280 g/mol. The summed E-state index contributed by atoms with van der Waals surface area (Å²) in [5.41, 5.74) is 0. The average Bonchev–Trinajstić information content (AvgIpc) is 2.45. The van der Waals surface area contributed by atoms with E-state index in [4.69, 9.17) is 0 Å². The van der Waals surface area contributed by atoms with Crippen molar-refractivity contribution in [2.45, 2.75) is 71.8 Å². The molecule has 0 aromatic carbocycles. The maximum atomic E-state index is 3.91. The maximum Gasteiger partial charge on any atom is 0.00698 e. The van der Waals surface area contributed by atoms with Crippen LogP contribution in [0.4, 0.5) is 0 Å². The zero-order chi connectivity index (χ0) is 14.4. The molecule has 1 aliphatic carbocycles. The minimum Gasteiger partial charge on any atom is -0.314 e. The zero-order valence-electron chi connectivity index (χ0n) is 14.0. The van der Waals surface area contributed by atoms with Crippen molar-refractivity contribution in [1.82, 2.24) is 10.2 Å². The standard InChI is InChI=1S/C18H36N2/c1-4-20-10-8-16(9-11-20)14-19-18-7-5-6-17(13-18)12-15(2)3/h15-19H,4-14H2,1-3H3. The van der Waals surface area contributed by atoms with E-state index in [9.17, 15) is 0 Å². The highest BCUT2D eigenvalue weighted by molar-refractivity contribution is 4.81. The number of hydrogen-bond donors (Lipinski definition) is 1. The molecule has 20 heavy (non-hydrogen) atoms. The third-order valence-electron chi connectivity index (χ3n) is 5.44. The van der Waals surface area contributed by atoms with Gasteiger partial charge in [-0.15, -0.1) is 0 Å². The zero-order valence-corrected chi connectivity index (χ0v) is 14.0. The van der Waals surface area contributed by atoms with Gasteiger partial charge in [0, 0.05) is 6.04 Å². The van der Waals surface area contributed by atoms with Gasteiger partial charge in [-0.25, -0.2) is 0 Å². The van der Waals surface area contributed by atoms with Crippen LogP contribution in [0, 0.1) is 17.8 Å². The molecule has 0 spiro atoms. The van der Waals surface area contributed by atoms with Crippen molar-refractivity contribution < 1.29 is 0 Å². The first-order chi connectivity index (χ1) is 9.67. The van der Waals surface area contributed by atoms with Gasteiger partial charge >= 0.3 is 0 Å². The molecule has 0 radical (unpaired) electrons. The van der Waals surface area contributed by atoms with Crippen LogP contribution in [0.15, 0.2) is 0 Å². The largest absolute Gasteiger partial charge is 0.314 e. The van der Waals surface area contributed by atoms with E-state index in [0.717, 1.165) is 23.8 Å². The molecular formula is C18H36N2. The second-order valence-corrected chi connectivity index (χ2v) is 7.64. The van der Waals surface area contributed by atoms with Gasteiger partial charge in [0.05, 0.1) is 0 Å². The normalized spacial score (nSPS) is 30.0. The molecular weight excluding hydrogens is 244 g/mol. The Morgan fingerprint density at radius 1 is 1.05 bits per heavy atom. The summed E-state index contributed by atoms with van der Waals surface area (Å²) in [5, 5.41) is 3.91. The van der Waals surface area contributed by atoms with Gasteiger partial charge in [-0.05, 0) is 76.0 Å². The fourth-order valence-corrected chi connectivity index (χ4v) is 4.20. The van der Waals surface area contributed by atoms with Gasteiger partial charge in [0.15, 0.2) is 0 Å². The number of nitrogens with one attached hydrogen (secondary N) is 1. The van der Waals surface area contributed by atoms with E-state index in [2.05, 4.69) is 31.0 Å². The molecule has 2 aliphatic rings. The summed E-state index contributed by atoms with van der Waals surface area (Å²) >= 11 is 0. The molecule has 1 aliphatic heterocycles. The summed E-state index contributed by atoms with van der Waals surface area (Å²) in [7, 11) is 0. The number of rotatable bonds is 6. The molecule has 2 nitrogen and oxygen atoms in total. The van der Waals surface area contributed by atoms with Crippen molar-refractivity contribution >= 4 is 0 Å². The van der Waals surface area contributed by atoms with Crippen molar-refractivity contribution in [2.24, 2.45) is 17.8 Å². The Kier molecular flexibility index (Phi) is 6.83. The van der Waals surface area contributed by atoms with Crippen molar-refractivity contribution in [1.29, 1.82) is 0 Å². The quantitative estimate of drug-likeness (QED) is 0.793. The van der Waals surface area contributed by atoms with Crippen LogP contribution < -0.4 is 5.32 Å². The van der Waals surface area contributed by atoms with E-state index in [1.54, 1.807) is 0 Å². The SMILES string of the molecule is CCN1CCC(CNC2CCCC(CC(C)C)C2)CC1. The lowest BCUT2D eigenvalue weighted by molar-refractivity contribution is 0.179. The van der Waals surface area contributed by atoms with Crippen LogP contribution in [-0.4, -0.2) is 37.1 Å². The highest BCUT2D eigenvalue weighted by Crippen LogP contribution is 2.29. The Balaban J connectivity index is 1.64. The molecule has 1 heterocycles. The van der Waals surface area contributed by atoms with Crippen LogP contribution in [0.25, 0.3) is 0 Å². The summed E-state index contributed by atoms with van der Waals surface area (Å²) in [6.45, 7) is 12.2. The van der Waals surface area contributed by atoms with Crippen LogP contribution in [0.2, 0.25) is 0 Å². The number of likely N-dealkylation sites (tertiary alicyclic amines) is 1. The van der Waals surface area contributed by atoms with Gasteiger partial charge in [0.1, 0.15) is 0 Å². The summed E-state index contributed by atoms with van der Waals surface area (Å²) in [4.78, 5) is 2.59. The summed E-state index contributed by atoms with van der Waals surface area (Å²) in [6.07, 6.45) is 10.0. The van der Waals surface area contributed by atoms with Crippen molar-refractivity contribution in [3.8, 4) is 0 Å². The lowest BCUT2D eigenvalue weighted by Crippen LogP contribution is -2.41. The Morgan fingerprint density at radius 2 is 1.80 bits per heavy atom. The van der Waals surface area contributed by atoms with Crippen LogP contribution in [0.3, 0.4) is 0 Å². The van der Waals surface area contributed by atoms with Crippen molar-refractivity contribution in [3.05, 3.63) is 0 Å². The maximum absolute atomic E-state index is 3.91. The van der Waals surface area contributed by atoms with Gasteiger partial charge in [-0.1, -0.05) is 33.6 Å². The van der Waals surface area contributed by atoms with Crippen molar-refractivity contribution in [3.63, 3.8) is 0 Å². The van der Waals surface area contributed by atoms with Crippen LogP contribution >= 0.6 is 0 Å². The van der Waals surface area contributed by atoms with E-state index in [1.165, 1.54) is 71.1 Å². The van der Waals surface area contributed by atoms with Crippen LogP contribution in [0.5, 0.6) is 0 Å².